The molecule has 23 heavy (non-hydrogen) atoms. The number of rotatable bonds is 10. The zero-order chi connectivity index (χ0) is 17.9. The highest BCUT2D eigenvalue weighted by Crippen LogP contribution is 2.16. The Morgan fingerprint density at radius 2 is 1.13 bits per heavy atom. The van der Waals surface area contributed by atoms with Crippen molar-refractivity contribution in [3.63, 3.8) is 0 Å². The lowest BCUT2D eigenvalue weighted by molar-refractivity contribution is -0.199. The van der Waals surface area contributed by atoms with E-state index < -0.39 is 17.6 Å². The van der Waals surface area contributed by atoms with Gasteiger partial charge >= 0.3 is 18.1 Å². The number of ether oxygens (including phenoxy) is 3. The molecular formula is C15H25F3O5. The summed E-state index contributed by atoms with van der Waals surface area (Å²) >= 11 is 0. The zero-order valence-electron chi connectivity index (χ0n) is 13.8. The molecule has 0 aliphatic heterocycles. The van der Waals surface area contributed by atoms with Gasteiger partial charge in [0.15, 0.2) is 0 Å². The lowest BCUT2D eigenvalue weighted by Gasteiger charge is -2.16. The van der Waals surface area contributed by atoms with Crippen LogP contribution in [0.1, 0.15) is 46.5 Å². The number of carbonyl (C=O) groups excluding carboxylic acids is 2. The van der Waals surface area contributed by atoms with E-state index >= 15 is 0 Å². The van der Waals surface area contributed by atoms with Gasteiger partial charge in [0.1, 0.15) is 0 Å². The fourth-order valence-corrected chi connectivity index (χ4v) is 1.34. The Balaban J connectivity index is 3.35. The summed E-state index contributed by atoms with van der Waals surface area (Å²) in [4.78, 5) is 21.8. The van der Waals surface area contributed by atoms with Crippen LogP contribution in [-0.4, -0.2) is 44.5 Å². The lowest BCUT2D eigenvalue weighted by atomic mass is 9.97. The molecule has 0 aromatic carbocycles. The molecule has 136 valence electrons. The van der Waals surface area contributed by atoms with E-state index in [9.17, 15) is 22.8 Å². The summed E-state index contributed by atoms with van der Waals surface area (Å²) in [7, 11) is 0. The van der Waals surface area contributed by atoms with Crippen LogP contribution >= 0.6 is 0 Å². The molecule has 0 aliphatic carbocycles. The van der Waals surface area contributed by atoms with Gasteiger partial charge < -0.3 is 14.2 Å². The predicted octanol–water partition coefficient (Wildman–Crippen LogP) is 3.26. The second-order valence-electron chi connectivity index (χ2n) is 6.05. The zero-order valence-corrected chi connectivity index (χ0v) is 13.8. The van der Waals surface area contributed by atoms with Crippen LogP contribution < -0.4 is 0 Å². The van der Waals surface area contributed by atoms with Crippen LogP contribution in [0.25, 0.3) is 0 Å². The van der Waals surface area contributed by atoms with Crippen molar-refractivity contribution in [1.29, 1.82) is 0 Å². The molecule has 0 fully saturated rings. The lowest BCUT2D eigenvalue weighted by Crippen LogP contribution is -2.25. The first-order chi connectivity index (χ1) is 10.5. The molecule has 5 nitrogen and oxygen atoms in total. The van der Waals surface area contributed by atoms with Gasteiger partial charge in [-0.15, -0.1) is 0 Å². The van der Waals surface area contributed by atoms with Crippen LogP contribution in [0, 0.1) is 5.41 Å². The molecule has 0 saturated heterocycles. The van der Waals surface area contributed by atoms with Crippen LogP contribution in [0.5, 0.6) is 0 Å². The van der Waals surface area contributed by atoms with E-state index in [1.807, 2.05) is 0 Å². The molecule has 0 aromatic heterocycles. The molecule has 8 heteroatoms. The highest BCUT2D eigenvalue weighted by atomic mass is 19.4. The van der Waals surface area contributed by atoms with E-state index in [2.05, 4.69) is 4.74 Å². The minimum atomic E-state index is -4.94. The third-order valence-electron chi connectivity index (χ3n) is 2.68. The maximum Gasteiger partial charge on any atom is 0.490 e. The van der Waals surface area contributed by atoms with E-state index in [-0.39, 0.29) is 12.6 Å². The quantitative estimate of drug-likeness (QED) is 0.450. The minimum Gasteiger partial charge on any atom is -0.465 e. The molecule has 0 unspecified atom stereocenters. The van der Waals surface area contributed by atoms with Crippen LogP contribution in [0.3, 0.4) is 0 Å². The first kappa shape index (κ1) is 21.7. The summed E-state index contributed by atoms with van der Waals surface area (Å²) in [6.07, 6.45) is -2.71. The van der Waals surface area contributed by atoms with Crippen molar-refractivity contribution in [2.45, 2.75) is 52.6 Å². The summed E-state index contributed by atoms with van der Waals surface area (Å²) in [5, 5.41) is 0. The third-order valence-corrected chi connectivity index (χ3v) is 2.68. The first-order valence-electron chi connectivity index (χ1n) is 7.54. The Hall–Kier alpha value is -1.31. The van der Waals surface area contributed by atoms with Crippen molar-refractivity contribution in [2.24, 2.45) is 5.41 Å². The maximum atomic E-state index is 11.8. The molecular weight excluding hydrogens is 317 g/mol. The van der Waals surface area contributed by atoms with Gasteiger partial charge in [0, 0.05) is 13.2 Å². The Morgan fingerprint density at radius 1 is 0.739 bits per heavy atom. The second kappa shape index (κ2) is 10.5. The number of hydrogen-bond donors (Lipinski definition) is 0. The Morgan fingerprint density at radius 3 is 1.52 bits per heavy atom. The summed E-state index contributed by atoms with van der Waals surface area (Å²) < 4.78 is 49.8. The number of alkyl halides is 3. The van der Waals surface area contributed by atoms with Crippen LogP contribution in [0.4, 0.5) is 13.2 Å². The van der Waals surface area contributed by atoms with Gasteiger partial charge in [-0.3, -0.25) is 4.79 Å². The van der Waals surface area contributed by atoms with Crippen molar-refractivity contribution in [1.82, 2.24) is 0 Å². The van der Waals surface area contributed by atoms with Gasteiger partial charge in [-0.2, -0.15) is 13.2 Å². The van der Waals surface area contributed by atoms with Crippen molar-refractivity contribution >= 4 is 11.9 Å². The molecule has 0 aliphatic rings. The predicted molar refractivity (Wildman–Crippen MR) is 76.7 cm³/mol. The molecule has 0 N–H and O–H groups in total. The van der Waals surface area contributed by atoms with Crippen LogP contribution in [0.2, 0.25) is 0 Å². The molecule has 0 radical (unpaired) electrons. The molecule has 0 spiro atoms. The summed E-state index contributed by atoms with van der Waals surface area (Å²) in [5.74, 6) is -2.41. The van der Waals surface area contributed by atoms with E-state index in [0.29, 0.717) is 39.1 Å². The summed E-state index contributed by atoms with van der Waals surface area (Å²) in [6, 6.07) is 0. The number of esters is 2. The SMILES string of the molecule is CC(C)(C)C(=O)OCCCCOCCCCOC(=O)C(F)(F)F. The molecule has 0 rings (SSSR count). The monoisotopic (exact) mass is 342 g/mol. The van der Waals surface area contributed by atoms with Crippen molar-refractivity contribution < 1.29 is 37.0 Å². The molecule has 0 saturated carbocycles. The smallest absolute Gasteiger partial charge is 0.465 e. The fourth-order valence-electron chi connectivity index (χ4n) is 1.34. The number of unbranched alkanes of at least 4 members (excludes halogenated alkanes) is 2. The van der Waals surface area contributed by atoms with Gasteiger partial charge in [0.05, 0.1) is 18.6 Å². The summed E-state index contributed by atoms with van der Waals surface area (Å²) in [5.41, 5.74) is -0.508. The van der Waals surface area contributed by atoms with Crippen molar-refractivity contribution in [3.8, 4) is 0 Å². The fraction of sp³-hybridized carbons (Fsp3) is 0.867. The van der Waals surface area contributed by atoms with E-state index in [4.69, 9.17) is 9.47 Å². The number of carbonyl (C=O) groups is 2. The first-order valence-corrected chi connectivity index (χ1v) is 7.54. The maximum absolute atomic E-state index is 11.8. The normalized spacial score (nSPS) is 12.1. The van der Waals surface area contributed by atoms with E-state index in [0.717, 1.165) is 6.42 Å². The summed E-state index contributed by atoms with van der Waals surface area (Å²) in [6.45, 7) is 6.28. The highest BCUT2D eigenvalue weighted by molar-refractivity contribution is 5.75. The second-order valence-corrected chi connectivity index (χ2v) is 6.05. The van der Waals surface area contributed by atoms with Gasteiger partial charge in [-0.1, -0.05) is 0 Å². The van der Waals surface area contributed by atoms with Gasteiger partial charge in [0.2, 0.25) is 0 Å². The average molecular weight is 342 g/mol. The molecule has 0 bridgehead atoms. The molecule has 0 atom stereocenters. The van der Waals surface area contributed by atoms with Crippen molar-refractivity contribution in [3.05, 3.63) is 0 Å². The Kier molecular flexibility index (Phi) is 9.87. The average Bonchev–Trinajstić information content (AvgIpc) is 2.42. The number of halogens is 3. The van der Waals surface area contributed by atoms with Crippen LogP contribution in [-0.2, 0) is 23.8 Å². The Labute approximate surface area is 134 Å². The topological polar surface area (TPSA) is 61.8 Å². The van der Waals surface area contributed by atoms with E-state index in [1.54, 1.807) is 20.8 Å². The minimum absolute atomic E-state index is 0.244. The van der Waals surface area contributed by atoms with Gasteiger partial charge in [0.25, 0.3) is 0 Å². The standard InChI is InChI=1S/C15H25F3O5/c1-14(2,3)12(19)22-10-6-4-8-21-9-5-7-11-23-13(20)15(16,17)18/h4-11H2,1-3H3. The highest BCUT2D eigenvalue weighted by Gasteiger charge is 2.40. The van der Waals surface area contributed by atoms with Gasteiger partial charge in [-0.25, -0.2) is 4.79 Å². The van der Waals surface area contributed by atoms with E-state index in [1.165, 1.54) is 0 Å². The van der Waals surface area contributed by atoms with Gasteiger partial charge in [-0.05, 0) is 46.5 Å². The van der Waals surface area contributed by atoms with Crippen molar-refractivity contribution in [2.75, 3.05) is 26.4 Å². The van der Waals surface area contributed by atoms with Crippen LogP contribution in [0.15, 0.2) is 0 Å². The largest absolute Gasteiger partial charge is 0.490 e. The Bertz CT molecular complexity index is 327. The third kappa shape index (κ3) is 11.9. The molecule has 0 heterocycles. The molecule has 0 amide bonds. The number of hydrogen-bond acceptors (Lipinski definition) is 5. The molecule has 0 aromatic rings.